The van der Waals surface area contributed by atoms with Gasteiger partial charge in [0.1, 0.15) is 17.6 Å². The second-order valence-corrected chi connectivity index (χ2v) is 8.71. The molecule has 1 saturated heterocycles. The predicted octanol–water partition coefficient (Wildman–Crippen LogP) is 4.55. The summed E-state index contributed by atoms with van der Waals surface area (Å²) in [6.45, 7) is 2.51. The summed E-state index contributed by atoms with van der Waals surface area (Å²) in [5.74, 6) is 3.00. The molecule has 4 rings (SSSR count). The van der Waals surface area contributed by atoms with E-state index in [1.807, 2.05) is 31.2 Å². The fourth-order valence-electron chi connectivity index (χ4n) is 4.07. The Balaban J connectivity index is 1.26. The monoisotopic (exact) mass is 414 g/mol. The zero-order valence-corrected chi connectivity index (χ0v) is 17.4. The molecule has 0 bridgehead atoms. The number of carbonyl (C=O) groups is 2. The topological polar surface area (TPSA) is 81.4 Å². The molecule has 1 aromatic heterocycles. The summed E-state index contributed by atoms with van der Waals surface area (Å²) >= 11 is 0.743. The van der Waals surface area contributed by atoms with E-state index in [-0.39, 0.29) is 10.4 Å². The lowest BCUT2D eigenvalue weighted by Gasteiger charge is -2.19. The highest BCUT2D eigenvalue weighted by molar-refractivity contribution is 8.26. The molecule has 7 heteroatoms. The van der Waals surface area contributed by atoms with Crippen molar-refractivity contribution in [3.05, 3.63) is 47.2 Å². The molecular formula is C22H26N2O4S. The fourth-order valence-corrected chi connectivity index (χ4v) is 4.74. The van der Waals surface area contributed by atoms with Crippen LogP contribution >= 0.6 is 11.8 Å². The van der Waals surface area contributed by atoms with Crippen molar-refractivity contribution >= 4 is 22.1 Å². The number of aryl methyl sites for hydroxylation is 1. The van der Waals surface area contributed by atoms with Crippen molar-refractivity contribution in [1.29, 1.82) is 0 Å². The van der Waals surface area contributed by atoms with E-state index in [1.54, 1.807) is 0 Å². The number of ether oxygens (including phenoxy) is 1. The summed E-state index contributed by atoms with van der Waals surface area (Å²) in [6.07, 6.45) is 7.45. The molecule has 2 fully saturated rings. The molecular weight excluding hydrogens is 388 g/mol. The van der Waals surface area contributed by atoms with Crippen LogP contribution in [-0.2, 0) is 17.6 Å². The Hall–Kier alpha value is -2.28. The van der Waals surface area contributed by atoms with Gasteiger partial charge in [-0.05, 0) is 37.5 Å². The number of thioether (sulfide) groups is 1. The number of carbonyl (C=O) groups excluding carboxylic acids is 2. The van der Waals surface area contributed by atoms with Gasteiger partial charge in [0, 0.05) is 24.1 Å². The highest BCUT2D eigenvalue weighted by atomic mass is 32.2. The van der Waals surface area contributed by atoms with Crippen LogP contribution in [0, 0.1) is 6.92 Å². The number of amides is 1. The number of hydrogen-bond acceptors (Lipinski definition) is 6. The average molecular weight is 415 g/mol. The standard InChI is InChI=1S/C22H26N2O4S/c1-14-20(16-5-3-2-4-6-16)24-19(28-14)11-12-27-17-9-7-15(8-10-17)13-18-21(25)29-22(26)23-18/h7-10,16,18H,2-6,11-13H2,1H3,(H,23,26). The Labute approximate surface area is 174 Å². The van der Waals surface area contributed by atoms with E-state index in [9.17, 15) is 9.59 Å². The third kappa shape index (κ3) is 5.01. The number of aromatic nitrogens is 1. The van der Waals surface area contributed by atoms with Gasteiger partial charge in [-0.25, -0.2) is 4.98 Å². The van der Waals surface area contributed by atoms with Crippen molar-refractivity contribution in [2.24, 2.45) is 0 Å². The number of rotatable bonds is 7. The molecule has 1 saturated carbocycles. The largest absolute Gasteiger partial charge is 0.493 e. The zero-order chi connectivity index (χ0) is 20.2. The summed E-state index contributed by atoms with van der Waals surface area (Å²) in [5.41, 5.74) is 2.12. The Kier molecular flexibility index (Phi) is 6.23. The average Bonchev–Trinajstić information content (AvgIpc) is 3.25. The minimum Gasteiger partial charge on any atom is -0.493 e. The number of benzene rings is 1. The molecule has 1 amide bonds. The molecule has 1 aromatic carbocycles. The first kappa shape index (κ1) is 20.0. The van der Waals surface area contributed by atoms with Gasteiger partial charge in [-0.3, -0.25) is 9.59 Å². The number of nitrogens with zero attached hydrogens (tertiary/aromatic N) is 1. The molecule has 154 valence electrons. The highest BCUT2D eigenvalue weighted by Crippen LogP contribution is 2.34. The second kappa shape index (κ2) is 9.03. The Morgan fingerprint density at radius 1 is 1.17 bits per heavy atom. The quantitative estimate of drug-likeness (QED) is 0.716. The van der Waals surface area contributed by atoms with Gasteiger partial charge in [0.15, 0.2) is 5.89 Å². The van der Waals surface area contributed by atoms with Crippen LogP contribution < -0.4 is 10.1 Å². The van der Waals surface area contributed by atoms with Crippen molar-refractivity contribution in [3.63, 3.8) is 0 Å². The summed E-state index contributed by atoms with van der Waals surface area (Å²) in [6, 6.07) is 7.18. The molecule has 2 aromatic rings. The first-order valence-electron chi connectivity index (χ1n) is 10.3. The smallest absolute Gasteiger partial charge is 0.287 e. The lowest BCUT2D eigenvalue weighted by molar-refractivity contribution is -0.112. The van der Waals surface area contributed by atoms with E-state index in [1.165, 1.54) is 32.1 Å². The van der Waals surface area contributed by atoms with E-state index in [0.29, 0.717) is 25.4 Å². The van der Waals surface area contributed by atoms with Gasteiger partial charge in [0.25, 0.3) is 5.24 Å². The molecule has 1 aliphatic heterocycles. The molecule has 1 atom stereocenters. The maximum atomic E-state index is 11.7. The van der Waals surface area contributed by atoms with Gasteiger partial charge in [-0.15, -0.1) is 0 Å². The van der Waals surface area contributed by atoms with Crippen LogP contribution in [0.5, 0.6) is 5.75 Å². The van der Waals surface area contributed by atoms with E-state index >= 15 is 0 Å². The lowest BCUT2D eigenvalue weighted by Crippen LogP contribution is -2.30. The number of nitrogens with one attached hydrogen (secondary N) is 1. The molecule has 1 unspecified atom stereocenters. The molecule has 0 radical (unpaired) electrons. The highest BCUT2D eigenvalue weighted by Gasteiger charge is 2.31. The third-order valence-corrected chi connectivity index (χ3v) is 6.38. The van der Waals surface area contributed by atoms with Gasteiger partial charge >= 0.3 is 0 Å². The molecule has 29 heavy (non-hydrogen) atoms. The molecule has 1 aliphatic carbocycles. The van der Waals surface area contributed by atoms with Crippen LogP contribution in [0.2, 0.25) is 0 Å². The van der Waals surface area contributed by atoms with Crippen LogP contribution in [0.3, 0.4) is 0 Å². The predicted molar refractivity (Wildman–Crippen MR) is 111 cm³/mol. The van der Waals surface area contributed by atoms with E-state index in [4.69, 9.17) is 14.1 Å². The summed E-state index contributed by atoms with van der Waals surface area (Å²) in [7, 11) is 0. The van der Waals surface area contributed by atoms with Crippen LogP contribution in [0.15, 0.2) is 28.7 Å². The van der Waals surface area contributed by atoms with Crippen LogP contribution in [-0.4, -0.2) is 28.0 Å². The molecule has 6 nitrogen and oxygen atoms in total. The summed E-state index contributed by atoms with van der Waals surface area (Å²) in [4.78, 5) is 27.7. The van der Waals surface area contributed by atoms with Gasteiger partial charge in [-0.1, -0.05) is 31.4 Å². The Morgan fingerprint density at radius 3 is 2.62 bits per heavy atom. The Morgan fingerprint density at radius 2 is 1.93 bits per heavy atom. The maximum Gasteiger partial charge on any atom is 0.287 e. The molecule has 1 N–H and O–H groups in total. The summed E-state index contributed by atoms with van der Waals surface area (Å²) in [5, 5.41) is 2.28. The van der Waals surface area contributed by atoms with Crippen LogP contribution in [0.25, 0.3) is 0 Å². The minimum absolute atomic E-state index is 0.121. The molecule has 0 spiro atoms. The van der Waals surface area contributed by atoms with Gasteiger partial charge in [-0.2, -0.15) is 0 Å². The SMILES string of the molecule is Cc1oc(CCOc2ccc(CC3NC(=O)SC3=O)cc2)nc1C1CCCCC1. The van der Waals surface area contributed by atoms with Crippen molar-refractivity contribution < 1.29 is 18.7 Å². The molecule has 2 heterocycles. The van der Waals surface area contributed by atoms with E-state index < -0.39 is 6.04 Å². The third-order valence-electron chi connectivity index (χ3n) is 5.59. The maximum absolute atomic E-state index is 11.7. The summed E-state index contributed by atoms with van der Waals surface area (Å²) < 4.78 is 11.7. The van der Waals surface area contributed by atoms with E-state index in [0.717, 1.165) is 40.4 Å². The van der Waals surface area contributed by atoms with Crippen LogP contribution in [0.4, 0.5) is 4.79 Å². The van der Waals surface area contributed by atoms with Gasteiger partial charge < -0.3 is 14.5 Å². The van der Waals surface area contributed by atoms with Gasteiger partial charge in [0.2, 0.25) is 5.12 Å². The van der Waals surface area contributed by atoms with E-state index in [2.05, 4.69) is 5.32 Å². The zero-order valence-electron chi connectivity index (χ0n) is 16.6. The number of hydrogen-bond donors (Lipinski definition) is 1. The van der Waals surface area contributed by atoms with Crippen molar-refractivity contribution in [2.45, 2.75) is 63.8 Å². The van der Waals surface area contributed by atoms with Gasteiger partial charge in [0.05, 0.1) is 18.7 Å². The normalized spacial score (nSPS) is 20.1. The van der Waals surface area contributed by atoms with Crippen molar-refractivity contribution in [1.82, 2.24) is 10.3 Å². The van der Waals surface area contributed by atoms with Crippen molar-refractivity contribution in [2.75, 3.05) is 6.61 Å². The number of oxazole rings is 1. The first-order valence-corrected chi connectivity index (χ1v) is 11.1. The second-order valence-electron chi connectivity index (χ2n) is 7.74. The van der Waals surface area contributed by atoms with Crippen LogP contribution in [0.1, 0.15) is 60.9 Å². The Bertz CT molecular complexity index is 871. The van der Waals surface area contributed by atoms with Crippen molar-refractivity contribution in [3.8, 4) is 5.75 Å². The fraction of sp³-hybridized carbons (Fsp3) is 0.500. The molecule has 2 aliphatic rings. The minimum atomic E-state index is -0.439. The lowest BCUT2D eigenvalue weighted by atomic mass is 9.86. The first-order chi connectivity index (χ1) is 14.1.